The molecule has 20 heavy (non-hydrogen) atoms. The van der Waals surface area contributed by atoms with Crippen LogP contribution >= 0.6 is 0 Å². The minimum absolute atomic E-state index is 0.535. The molecule has 1 aromatic carbocycles. The molecular formula is C15H20N2O3. The van der Waals surface area contributed by atoms with Crippen molar-refractivity contribution in [1.82, 2.24) is 5.43 Å². The highest BCUT2D eigenvalue weighted by Crippen LogP contribution is 2.18. The number of carbonyl (C=O) groups excluding carboxylic acids is 1. The molecule has 0 atom stereocenters. The highest BCUT2D eigenvalue weighted by Gasteiger charge is 2.15. The van der Waals surface area contributed by atoms with Gasteiger partial charge in [-0.15, -0.1) is 0 Å². The highest BCUT2D eigenvalue weighted by atomic mass is 16.6. The van der Waals surface area contributed by atoms with Gasteiger partial charge in [0.2, 0.25) is 0 Å². The van der Waals surface area contributed by atoms with Gasteiger partial charge in [-0.25, -0.2) is 10.2 Å². The number of rotatable bonds is 4. The van der Waals surface area contributed by atoms with E-state index in [1.807, 2.05) is 30.3 Å². The first-order chi connectivity index (χ1) is 9.42. The molecule has 1 N–H and O–H groups in total. The lowest BCUT2D eigenvalue weighted by Crippen LogP contribution is -2.29. The van der Waals surface area contributed by atoms with Gasteiger partial charge < -0.3 is 9.47 Å². The number of carbonyl (C=O) groups is 1. The molecule has 0 aliphatic heterocycles. The van der Waals surface area contributed by atoms with Crippen LogP contribution in [0.4, 0.5) is 4.79 Å². The zero-order valence-corrected chi connectivity index (χ0v) is 12.2. The molecule has 0 unspecified atom stereocenters. The quantitative estimate of drug-likeness (QED) is 0.678. The van der Waals surface area contributed by atoms with E-state index in [-0.39, 0.29) is 0 Å². The van der Waals surface area contributed by atoms with Crippen molar-refractivity contribution in [3.8, 4) is 5.75 Å². The molecular weight excluding hydrogens is 256 g/mol. The molecule has 0 aliphatic rings. The van der Waals surface area contributed by atoms with Gasteiger partial charge in [0, 0.05) is 11.8 Å². The first-order valence-electron chi connectivity index (χ1n) is 6.24. The molecule has 5 heteroatoms. The van der Waals surface area contributed by atoms with Gasteiger partial charge in [-0.05, 0) is 39.0 Å². The van der Waals surface area contributed by atoms with Gasteiger partial charge >= 0.3 is 6.09 Å². The lowest BCUT2D eigenvalue weighted by Gasteiger charge is -2.18. The maximum absolute atomic E-state index is 11.3. The SMILES string of the molecule is COc1ccccc1/C=C/C=N\NC(=O)OC(C)(C)C. The number of hydrazone groups is 1. The summed E-state index contributed by atoms with van der Waals surface area (Å²) < 4.78 is 10.2. The van der Waals surface area contributed by atoms with Crippen LogP contribution < -0.4 is 10.2 Å². The van der Waals surface area contributed by atoms with Crippen LogP contribution in [-0.4, -0.2) is 25.0 Å². The number of para-hydroxylation sites is 1. The highest BCUT2D eigenvalue weighted by molar-refractivity contribution is 5.80. The molecule has 5 nitrogen and oxygen atoms in total. The Bertz CT molecular complexity index is 502. The van der Waals surface area contributed by atoms with E-state index in [2.05, 4.69) is 10.5 Å². The van der Waals surface area contributed by atoms with E-state index in [0.717, 1.165) is 11.3 Å². The molecule has 0 aliphatic carbocycles. The van der Waals surface area contributed by atoms with Crippen LogP contribution in [0, 0.1) is 0 Å². The van der Waals surface area contributed by atoms with Crippen LogP contribution in [0.5, 0.6) is 5.75 Å². The Morgan fingerprint density at radius 1 is 1.30 bits per heavy atom. The van der Waals surface area contributed by atoms with Crippen molar-refractivity contribution in [1.29, 1.82) is 0 Å². The second kappa shape index (κ2) is 7.33. The molecule has 0 saturated carbocycles. The number of nitrogens with zero attached hydrogens (tertiary/aromatic N) is 1. The second-order valence-electron chi connectivity index (χ2n) is 4.99. The number of benzene rings is 1. The largest absolute Gasteiger partial charge is 0.496 e. The lowest BCUT2D eigenvalue weighted by atomic mass is 10.2. The number of hydrogen-bond acceptors (Lipinski definition) is 4. The van der Waals surface area contributed by atoms with E-state index in [4.69, 9.17) is 9.47 Å². The molecule has 1 rings (SSSR count). The summed E-state index contributed by atoms with van der Waals surface area (Å²) in [5, 5.41) is 3.75. The maximum Gasteiger partial charge on any atom is 0.428 e. The zero-order chi connectivity index (χ0) is 15.0. The molecule has 0 aromatic heterocycles. The number of methoxy groups -OCH3 is 1. The van der Waals surface area contributed by atoms with Gasteiger partial charge in [0.1, 0.15) is 11.4 Å². The normalized spacial score (nSPS) is 11.8. The van der Waals surface area contributed by atoms with Crippen LogP contribution in [0.3, 0.4) is 0 Å². The Hall–Kier alpha value is -2.30. The third-order valence-corrected chi connectivity index (χ3v) is 2.13. The first-order valence-corrected chi connectivity index (χ1v) is 6.24. The smallest absolute Gasteiger partial charge is 0.428 e. The Morgan fingerprint density at radius 2 is 2.00 bits per heavy atom. The summed E-state index contributed by atoms with van der Waals surface area (Å²) in [5.74, 6) is 0.775. The fourth-order valence-corrected chi connectivity index (χ4v) is 1.38. The van der Waals surface area contributed by atoms with Crippen molar-refractivity contribution >= 4 is 18.4 Å². The summed E-state index contributed by atoms with van der Waals surface area (Å²) in [7, 11) is 1.62. The number of nitrogens with one attached hydrogen (secondary N) is 1. The van der Waals surface area contributed by atoms with Crippen LogP contribution in [0.1, 0.15) is 26.3 Å². The molecule has 0 heterocycles. The molecule has 108 valence electrons. The molecule has 0 saturated heterocycles. The maximum atomic E-state index is 11.3. The summed E-state index contributed by atoms with van der Waals surface area (Å²) in [4.78, 5) is 11.3. The number of allylic oxidation sites excluding steroid dienone is 1. The third kappa shape index (κ3) is 6.04. The van der Waals surface area contributed by atoms with E-state index >= 15 is 0 Å². The van der Waals surface area contributed by atoms with Gasteiger partial charge in [0.05, 0.1) is 7.11 Å². The summed E-state index contributed by atoms with van der Waals surface area (Å²) in [6.45, 7) is 5.37. The topological polar surface area (TPSA) is 59.9 Å². The Balaban J connectivity index is 2.48. The number of amides is 1. The second-order valence-corrected chi connectivity index (χ2v) is 4.99. The summed E-state index contributed by atoms with van der Waals surface area (Å²) in [5.41, 5.74) is 2.67. The zero-order valence-electron chi connectivity index (χ0n) is 12.2. The van der Waals surface area contributed by atoms with Crippen molar-refractivity contribution in [2.24, 2.45) is 5.10 Å². The van der Waals surface area contributed by atoms with Crippen molar-refractivity contribution in [2.75, 3.05) is 7.11 Å². The predicted octanol–water partition coefficient (Wildman–Crippen LogP) is 3.22. The number of ether oxygens (including phenoxy) is 2. The molecule has 1 amide bonds. The lowest BCUT2D eigenvalue weighted by molar-refractivity contribution is 0.0529. The fraction of sp³-hybridized carbons (Fsp3) is 0.333. The standard InChI is InChI=1S/C15H20N2O3/c1-15(2,3)20-14(18)17-16-11-7-9-12-8-5-6-10-13(12)19-4/h5-11H,1-4H3,(H,17,18)/b9-7+,16-11-. The van der Waals surface area contributed by atoms with E-state index < -0.39 is 11.7 Å². The van der Waals surface area contributed by atoms with Crippen molar-refractivity contribution in [3.63, 3.8) is 0 Å². The van der Waals surface area contributed by atoms with Gasteiger partial charge in [-0.1, -0.05) is 18.2 Å². The monoisotopic (exact) mass is 276 g/mol. The van der Waals surface area contributed by atoms with E-state index in [0.29, 0.717) is 0 Å². The molecule has 0 bridgehead atoms. The molecule has 0 radical (unpaired) electrons. The van der Waals surface area contributed by atoms with E-state index in [9.17, 15) is 4.79 Å². The van der Waals surface area contributed by atoms with Crippen LogP contribution in [0.25, 0.3) is 6.08 Å². The summed E-state index contributed by atoms with van der Waals surface area (Å²) in [6.07, 6.45) is 4.42. The van der Waals surface area contributed by atoms with Crippen molar-refractivity contribution in [3.05, 3.63) is 35.9 Å². The minimum atomic E-state index is -0.584. The Labute approximate surface area is 119 Å². The minimum Gasteiger partial charge on any atom is -0.496 e. The van der Waals surface area contributed by atoms with Gasteiger partial charge in [-0.2, -0.15) is 5.10 Å². The van der Waals surface area contributed by atoms with Gasteiger partial charge in [-0.3, -0.25) is 0 Å². The van der Waals surface area contributed by atoms with Crippen molar-refractivity contribution in [2.45, 2.75) is 26.4 Å². The Kier molecular flexibility index (Phi) is 5.77. The molecule has 0 spiro atoms. The van der Waals surface area contributed by atoms with Crippen LogP contribution in [0.15, 0.2) is 35.4 Å². The first kappa shape index (κ1) is 15.8. The summed E-state index contributed by atoms with van der Waals surface area (Å²) in [6, 6.07) is 7.60. The third-order valence-electron chi connectivity index (χ3n) is 2.13. The molecule has 1 aromatic rings. The van der Waals surface area contributed by atoms with E-state index in [1.165, 1.54) is 6.21 Å². The average molecular weight is 276 g/mol. The van der Waals surface area contributed by atoms with Gasteiger partial charge in [0.25, 0.3) is 0 Å². The average Bonchev–Trinajstić information content (AvgIpc) is 2.36. The summed E-state index contributed by atoms with van der Waals surface area (Å²) >= 11 is 0. The number of hydrogen-bond donors (Lipinski definition) is 1. The molecule has 0 fully saturated rings. The predicted molar refractivity (Wildman–Crippen MR) is 79.9 cm³/mol. The van der Waals surface area contributed by atoms with Crippen molar-refractivity contribution < 1.29 is 14.3 Å². The van der Waals surface area contributed by atoms with E-state index in [1.54, 1.807) is 34.0 Å². The fourth-order valence-electron chi connectivity index (χ4n) is 1.38. The van der Waals surface area contributed by atoms with Crippen LogP contribution in [0.2, 0.25) is 0 Å². The van der Waals surface area contributed by atoms with Crippen LogP contribution in [-0.2, 0) is 4.74 Å². The Morgan fingerprint density at radius 3 is 2.65 bits per heavy atom. The van der Waals surface area contributed by atoms with Gasteiger partial charge in [0.15, 0.2) is 0 Å².